The maximum atomic E-state index is 11.3. The zero-order valence-electron chi connectivity index (χ0n) is 7.91. The Bertz CT molecular complexity index is 317. The lowest BCUT2D eigenvalue weighted by Crippen LogP contribution is -2.40. The van der Waals surface area contributed by atoms with Gasteiger partial charge in [-0.1, -0.05) is 0 Å². The summed E-state index contributed by atoms with van der Waals surface area (Å²) in [4.78, 5) is 25.1. The van der Waals surface area contributed by atoms with E-state index in [1.165, 1.54) is 0 Å². The molecule has 0 aliphatic rings. The van der Waals surface area contributed by atoms with E-state index in [0.717, 1.165) is 0 Å². The molecule has 1 atom stereocenters. The van der Waals surface area contributed by atoms with Gasteiger partial charge < -0.3 is 16.0 Å². The molecule has 0 radical (unpaired) electrons. The Morgan fingerprint density at radius 1 is 1.64 bits per heavy atom. The van der Waals surface area contributed by atoms with Gasteiger partial charge in [0.1, 0.15) is 0 Å². The minimum atomic E-state index is -0.591. The maximum Gasteiger partial charge on any atom is 0.237 e. The number of ketones is 1. The van der Waals surface area contributed by atoms with E-state index >= 15 is 0 Å². The number of nitrogens with two attached hydrogens (primary N) is 1. The van der Waals surface area contributed by atoms with Crippen molar-refractivity contribution in [3.8, 4) is 0 Å². The van der Waals surface area contributed by atoms with E-state index in [0.29, 0.717) is 5.69 Å². The topological polar surface area (TPSA) is 88.0 Å². The highest BCUT2D eigenvalue weighted by molar-refractivity contribution is 5.98. The molecular weight excluding hydrogens is 182 g/mol. The second kappa shape index (κ2) is 4.57. The first-order valence-corrected chi connectivity index (χ1v) is 4.31. The van der Waals surface area contributed by atoms with Crippen LogP contribution in [-0.2, 0) is 4.79 Å². The van der Waals surface area contributed by atoms with Crippen LogP contribution in [0.1, 0.15) is 17.4 Å². The second-order valence-electron chi connectivity index (χ2n) is 3.01. The molecule has 76 valence electrons. The molecule has 0 aromatic carbocycles. The molecule has 14 heavy (non-hydrogen) atoms. The van der Waals surface area contributed by atoms with Gasteiger partial charge in [-0.3, -0.25) is 9.59 Å². The number of rotatable bonds is 4. The summed E-state index contributed by atoms with van der Waals surface area (Å²) in [6.07, 6.45) is 1.65. The Morgan fingerprint density at radius 2 is 2.36 bits per heavy atom. The molecule has 1 aromatic heterocycles. The highest BCUT2D eigenvalue weighted by Crippen LogP contribution is 1.94. The molecule has 5 heteroatoms. The fourth-order valence-corrected chi connectivity index (χ4v) is 0.927. The first-order valence-electron chi connectivity index (χ1n) is 4.31. The number of amides is 1. The molecule has 1 heterocycles. The van der Waals surface area contributed by atoms with E-state index in [4.69, 9.17) is 5.73 Å². The number of aromatic amines is 1. The van der Waals surface area contributed by atoms with Crippen molar-refractivity contribution in [3.05, 3.63) is 24.0 Å². The van der Waals surface area contributed by atoms with E-state index in [9.17, 15) is 9.59 Å². The number of H-pyrrole nitrogens is 1. The molecular formula is C9H13N3O2. The van der Waals surface area contributed by atoms with E-state index < -0.39 is 6.04 Å². The monoisotopic (exact) mass is 195 g/mol. The molecule has 4 N–H and O–H groups in total. The van der Waals surface area contributed by atoms with Crippen LogP contribution < -0.4 is 11.1 Å². The summed E-state index contributed by atoms with van der Waals surface area (Å²) >= 11 is 0. The van der Waals surface area contributed by atoms with Crippen LogP contribution in [0.3, 0.4) is 0 Å². The normalized spacial score (nSPS) is 12.1. The fraction of sp³-hybridized carbons (Fsp3) is 0.333. The van der Waals surface area contributed by atoms with Crippen LogP contribution >= 0.6 is 0 Å². The van der Waals surface area contributed by atoms with E-state index in [1.54, 1.807) is 25.3 Å². The van der Waals surface area contributed by atoms with Crippen LogP contribution in [0.5, 0.6) is 0 Å². The van der Waals surface area contributed by atoms with E-state index in [-0.39, 0.29) is 18.2 Å². The van der Waals surface area contributed by atoms with Crippen molar-refractivity contribution in [2.75, 3.05) is 6.54 Å². The molecule has 0 saturated heterocycles. The standard InChI is InChI=1S/C9H13N3O2/c1-6(10)9(14)12-5-8(13)7-3-2-4-11-7/h2-4,6,11H,5,10H2,1H3,(H,12,14). The molecule has 1 unspecified atom stereocenters. The van der Waals surface area contributed by atoms with Gasteiger partial charge in [-0.05, 0) is 19.1 Å². The Hall–Kier alpha value is -1.62. The largest absolute Gasteiger partial charge is 0.359 e. The van der Waals surface area contributed by atoms with Gasteiger partial charge in [0.15, 0.2) is 5.78 Å². The molecule has 5 nitrogen and oxygen atoms in total. The third kappa shape index (κ3) is 2.70. The van der Waals surface area contributed by atoms with Crippen LogP contribution in [-0.4, -0.2) is 29.3 Å². The Kier molecular flexibility index (Phi) is 3.41. The Balaban J connectivity index is 2.40. The minimum absolute atomic E-state index is 0.0269. The molecule has 1 aromatic rings. The van der Waals surface area contributed by atoms with Gasteiger partial charge >= 0.3 is 0 Å². The molecule has 0 fully saturated rings. The average Bonchev–Trinajstić information content (AvgIpc) is 2.66. The molecule has 1 amide bonds. The van der Waals surface area contributed by atoms with E-state index in [2.05, 4.69) is 10.3 Å². The molecule has 0 aliphatic heterocycles. The van der Waals surface area contributed by atoms with Gasteiger partial charge in [0.25, 0.3) is 0 Å². The van der Waals surface area contributed by atoms with Crippen LogP contribution in [0.2, 0.25) is 0 Å². The van der Waals surface area contributed by atoms with Gasteiger partial charge in [0, 0.05) is 6.20 Å². The number of hydrogen-bond donors (Lipinski definition) is 3. The highest BCUT2D eigenvalue weighted by Gasteiger charge is 2.10. The smallest absolute Gasteiger partial charge is 0.237 e. The summed E-state index contributed by atoms with van der Waals surface area (Å²) in [5.41, 5.74) is 5.79. The quantitative estimate of drug-likeness (QED) is 0.574. The van der Waals surface area contributed by atoms with Gasteiger partial charge in [-0.25, -0.2) is 0 Å². The number of carbonyl (C=O) groups excluding carboxylic acids is 2. The van der Waals surface area contributed by atoms with Gasteiger partial charge in [0.05, 0.1) is 18.3 Å². The van der Waals surface area contributed by atoms with E-state index in [1.807, 2.05) is 0 Å². The van der Waals surface area contributed by atoms with Crippen molar-refractivity contribution < 1.29 is 9.59 Å². The third-order valence-corrected chi connectivity index (χ3v) is 1.74. The lowest BCUT2D eigenvalue weighted by Gasteiger charge is -2.05. The summed E-state index contributed by atoms with van der Waals surface area (Å²) in [6, 6.07) is 2.78. The lowest BCUT2D eigenvalue weighted by atomic mass is 10.2. The summed E-state index contributed by atoms with van der Waals surface area (Å²) in [6.45, 7) is 1.54. The van der Waals surface area contributed by atoms with Crippen molar-refractivity contribution in [3.63, 3.8) is 0 Å². The van der Waals surface area contributed by atoms with Crippen molar-refractivity contribution in [2.45, 2.75) is 13.0 Å². The predicted molar refractivity (Wildman–Crippen MR) is 51.8 cm³/mol. The third-order valence-electron chi connectivity index (χ3n) is 1.74. The Labute approximate surface area is 81.7 Å². The van der Waals surface area contributed by atoms with Crippen LogP contribution in [0, 0.1) is 0 Å². The zero-order valence-corrected chi connectivity index (χ0v) is 7.91. The minimum Gasteiger partial charge on any atom is -0.359 e. The number of Topliss-reactive ketones (excluding diaryl/α,β-unsaturated/α-hetero) is 1. The maximum absolute atomic E-state index is 11.3. The number of aromatic nitrogens is 1. The zero-order chi connectivity index (χ0) is 10.6. The summed E-state index contributed by atoms with van der Waals surface area (Å²) in [5.74, 6) is -0.492. The second-order valence-corrected chi connectivity index (χ2v) is 3.01. The first-order chi connectivity index (χ1) is 6.61. The summed E-state index contributed by atoms with van der Waals surface area (Å²) in [5, 5.41) is 2.44. The van der Waals surface area contributed by atoms with Gasteiger partial charge in [-0.15, -0.1) is 0 Å². The van der Waals surface area contributed by atoms with Crippen LogP contribution in [0.25, 0.3) is 0 Å². The predicted octanol–water partition coefficient (Wildman–Crippen LogP) is -0.339. The highest BCUT2D eigenvalue weighted by atomic mass is 16.2. The number of nitrogens with one attached hydrogen (secondary N) is 2. The van der Waals surface area contributed by atoms with Crippen LogP contribution in [0.15, 0.2) is 18.3 Å². The summed E-state index contributed by atoms with van der Waals surface area (Å²) < 4.78 is 0. The lowest BCUT2D eigenvalue weighted by molar-refractivity contribution is -0.121. The number of carbonyl (C=O) groups is 2. The van der Waals surface area contributed by atoms with Crippen LogP contribution in [0.4, 0.5) is 0 Å². The fourth-order valence-electron chi connectivity index (χ4n) is 0.927. The molecule has 0 spiro atoms. The van der Waals surface area contributed by atoms with Crippen molar-refractivity contribution in [1.29, 1.82) is 0 Å². The molecule has 0 saturated carbocycles. The molecule has 0 aliphatic carbocycles. The van der Waals surface area contributed by atoms with Crippen molar-refractivity contribution in [2.24, 2.45) is 5.73 Å². The number of hydrogen-bond acceptors (Lipinski definition) is 3. The molecule has 1 rings (SSSR count). The van der Waals surface area contributed by atoms with Gasteiger partial charge in [0.2, 0.25) is 5.91 Å². The van der Waals surface area contributed by atoms with Crippen molar-refractivity contribution >= 4 is 11.7 Å². The average molecular weight is 195 g/mol. The molecule has 0 bridgehead atoms. The first kappa shape index (κ1) is 10.5. The van der Waals surface area contributed by atoms with Crippen molar-refractivity contribution in [1.82, 2.24) is 10.3 Å². The Morgan fingerprint density at radius 3 is 2.86 bits per heavy atom. The van der Waals surface area contributed by atoms with Gasteiger partial charge in [-0.2, -0.15) is 0 Å². The SMILES string of the molecule is CC(N)C(=O)NCC(=O)c1ccc[nH]1. The summed E-state index contributed by atoms with van der Waals surface area (Å²) in [7, 11) is 0.